The fraction of sp³-hybridized carbons (Fsp3) is 0.0714. The molecule has 0 unspecified atom stereocenters. The lowest BCUT2D eigenvalue weighted by Crippen LogP contribution is -1.84. The van der Waals surface area contributed by atoms with Gasteiger partial charge in [0.1, 0.15) is 5.52 Å². The molecule has 1 heterocycles. The van der Waals surface area contributed by atoms with Crippen LogP contribution in [0.15, 0.2) is 46.9 Å². The summed E-state index contributed by atoms with van der Waals surface area (Å²) in [7, 11) is 0. The minimum atomic E-state index is -0.000103. The molecule has 90 valence electrons. The van der Waals surface area contributed by atoms with E-state index in [1.165, 1.54) is 0 Å². The summed E-state index contributed by atoms with van der Waals surface area (Å²) in [4.78, 5) is 4.39. The van der Waals surface area contributed by atoms with Crippen LogP contribution in [0.2, 0.25) is 5.02 Å². The monoisotopic (exact) mass is 259 g/mol. The average molecular weight is 260 g/mol. The van der Waals surface area contributed by atoms with Crippen molar-refractivity contribution >= 4 is 22.7 Å². The van der Waals surface area contributed by atoms with Gasteiger partial charge in [0.25, 0.3) is 0 Å². The largest absolute Gasteiger partial charge is 0.436 e. The Bertz CT molecular complexity index is 706. The molecule has 0 aliphatic rings. The molecule has 3 rings (SSSR count). The van der Waals surface area contributed by atoms with Crippen LogP contribution in [0.1, 0.15) is 5.56 Å². The van der Waals surface area contributed by atoms with Crippen molar-refractivity contribution in [2.75, 3.05) is 0 Å². The number of aromatic nitrogens is 1. The molecule has 0 saturated carbocycles. The van der Waals surface area contributed by atoms with E-state index in [2.05, 4.69) is 4.98 Å². The lowest BCUT2D eigenvalue weighted by Gasteiger charge is -1.98. The summed E-state index contributed by atoms with van der Waals surface area (Å²) >= 11 is 5.91. The van der Waals surface area contributed by atoms with E-state index in [4.69, 9.17) is 21.1 Å². The van der Waals surface area contributed by atoms with E-state index in [0.717, 1.165) is 16.6 Å². The van der Waals surface area contributed by atoms with Gasteiger partial charge < -0.3 is 9.52 Å². The third-order valence-corrected chi connectivity index (χ3v) is 2.94. The molecular formula is C14H10ClNO2. The maximum absolute atomic E-state index is 9.12. The van der Waals surface area contributed by atoms with Crippen LogP contribution in [0.25, 0.3) is 22.6 Å². The van der Waals surface area contributed by atoms with Crippen molar-refractivity contribution in [3.05, 3.63) is 53.1 Å². The fourth-order valence-corrected chi connectivity index (χ4v) is 1.99. The van der Waals surface area contributed by atoms with Gasteiger partial charge >= 0.3 is 0 Å². The van der Waals surface area contributed by atoms with Crippen molar-refractivity contribution in [3.63, 3.8) is 0 Å². The van der Waals surface area contributed by atoms with Crippen molar-refractivity contribution in [3.8, 4) is 11.5 Å². The zero-order chi connectivity index (χ0) is 12.5. The van der Waals surface area contributed by atoms with E-state index in [1.807, 2.05) is 24.3 Å². The standard InChI is InChI=1S/C14H10ClNO2/c15-11-4-5-13-12(7-11)16-14(18-13)10-3-1-2-9(6-10)8-17/h1-7,17H,8H2. The molecule has 0 radical (unpaired) electrons. The zero-order valence-electron chi connectivity index (χ0n) is 9.43. The van der Waals surface area contributed by atoms with Crippen LogP contribution in [0.4, 0.5) is 0 Å². The molecule has 0 spiro atoms. The van der Waals surface area contributed by atoms with E-state index in [9.17, 15) is 0 Å². The van der Waals surface area contributed by atoms with Gasteiger partial charge in [0, 0.05) is 10.6 Å². The maximum atomic E-state index is 9.12. The van der Waals surface area contributed by atoms with Gasteiger partial charge in [0.2, 0.25) is 5.89 Å². The van der Waals surface area contributed by atoms with Crippen molar-refractivity contribution in [1.82, 2.24) is 4.98 Å². The number of rotatable bonds is 2. The Labute approximate surface area is 109 Å². The molecule has 0 amide bonds. The predicted molar refractivity (Wildman–Crippen MR) is 70.4 cm³/mol. The molecule has 1 aromatic heterocycles. The van der Waals surface area contributed by atoms with Crippen LogP contribution in [0.5, 0.6) is 0 Å². The Balaban J connectivity index is 2.13. The van der Waals surface area contributed by atoms with Gasteiger partial charge in [-0.3, -0.25) is 0 Å². The topological polar surface area (TPSA) is 46.3 Å². The quantitative estimate of drug-likeness (QED) is 0.764. The van der Waals surface area contributed by atoms with Crippen LogP contribution < -0.4 is 0 Å². The smallest absolute Gasteiger partial charge is 0.227 e. The molecule has 0 saturated heterocycles. The highest BCUT2D eigenvalue weighted by Gasteiger charge is 2.08. The fourth-order valence-electron chi connectivity index (χ4n) is 1.83. The molecule has 0 aliphatic heterocycles. The molecule has 1 N–H and O–H groups in total. The molecule has 0 atom stereocenters. The Kier molecular flexibility index (Phi) is 2.78. The number of benzene rings is 2. The van der Waals surface area contributed by atoms with Crippen LogP contribution in [0, 0.1) is 0 Å². The summed E-state index contributed by atoms with van der Waals surface area (Å²) in [5.41, 5.74) is 3.09. The predicted octanol–water partition coefficient (Wildman–Crippen LogP) is 3.64. The van der Waals surface area contributed by atoms with Crippen LogP contribution >= 0.6 is 11.6 Å². The lowest BCUT2D eigenvalue weighted by molar-refractivity contribution is 0.282. The van der Waals surface area contributed by atoms with Gasteiger partial charge in [-0.2, -0.15) is 0 Å². The molecule has 3 nitrogen and oxygen atoms in total. The highest BCUT2D eigenvalue weighted by atomic mass is 35.5. The Morgan fingerprint density at radius 2 is 2.06 bits per heavy atom. The van der Waals surface area contributed by atoms with E-state index < -0.39 is 0 Å². The van der Waals surface area contributed by atoms with Crippen LogP contribution in [0.3, 0.4) is 0 Å². The first kappa shape index (κ1) is 11.3. The summed E-state index contributed by atoms with van der Waals surface area (Å²) < 4.78 is 5.66. The lowest BCUT2D eigenvalue weighted by atomic mass is 10.1. The second-order valence-corrected chi connectivity index (χ2v) is 4.43. The number of hydrogen-bond acceptors (Lipinski definition) is 3. The molecule has 0 aliphatic carbocycles. The third kappa shape index (κ3) is 1.98. The van der Waals surface area contributed by atoms with Crippen LogP contribution in [-0.2, 0) is 6.61 Å². The summed E-state index contributed by atoms with van der Waals surface area (Å²) in [5.74, 6) is 0.530. The number of aliphatic hydroxyl groups excluding tert-OH is 1. The van der Waals surface area contributed by atoms with Gasteiger partial charge in [-0.25, -0.2) is 4.98 Å². The van der Waals surface area contributed by atoms with E-state index >= 15 is 0 Å². The number of fused-ring (bicyclic) bond motifs is 1. The highest BCUT2D eigenvalue weighted by Crippen LogP contribution is 2.26. The summed E-state index contributed by atoms with van der Waals surface area (Å²) in [6.45, 7) is -0.000103. The minimum Gasteiger partial charge on any atom is -0.436 e. The maximum Gasteiger partial charge on any atom is 0.227 e. The number of halogens is 1. The number of nitrogens with zero attached hydrogens (tertiary/aromatic N) is 1. The van der Waals surface area contributed by atoms with Gasteiger partial charge in [-0.15, -0.1) is 0 Å². The Hall–Kier alpha value is -1.84. The van der Waals surface area contributed by atoms with Gasteiger partial charge in [-0.1, -0.05) is 23.7 Å². The van der Waals surface area contributed by atoms with Gasteiger partial charge in [-0.05, 0) is 35.9 Å². The minimum absolute atomic E-state index is 0.000103. The van der Waals surface area contributed by atoms with Crippen LogP contribution in [-0.4, -0.2) is 10.1 Å². The van der Waals surface area contributed by atoms with Crippen molar-refractivity contribution in [2.24, 2.45) is 0 Å². The normalized spacial score (nSPS) is 11.0. The SMILES string of the molecule is OCc1cccc(-c2nc3cc(Cl)ccc3o2)c1. The Morgan fingerprint density at radius 1 is 1.17 bits per heavy atom. The summed E-state index contributed by atoms with van der Waals surface area (Å²) in [6.07, 6.45) is 0. The van der Waals surface area contributed by atoms with E-state index in [0.29, 0.717) is 16.5 Å². The van der Waals surface area contributed by atoms with E-state index in [1.54, 1.807) is 18.2 Å². The highest BCUT2D eigenvalue weighted by molar-refractivity contribution is 6.31. The second kappa shape index (κ2) is 4.44. The first-order valence-corrected chi connectivity index (χ1v) is 5.90. The van der Waals surface area contributed by atoms with Gasteiger partial charge in [0.05, 0.1) is 6.61 Å². The average Bonchev–Trinajstić information content (AvgIpc) is 2.81. The molecule has 18 heavy (non-hydrogen) atoms. The summed E-state index contributed by atoms with van der Waals surface area (Å²) in [6, 6.07) is 12.8. The van der Waals surface area contributed by atoms with Crippen molar-refractivity contribution < 1.29 is 9.52 Å². The first-order valence-electron chi connectivity index (χ1n) is 5.52. The van der Waals surface area contributed by atoms with Crippen molar-refractivity contribution in [1.29, 1.82) is 0 Å². The third-order valence-electron chi connectivity index (χ3n) is 2.71. The molecule has 0 bridgehead atoms. The number of hydrogen-bond donors (Lipinski definition) is 1. The molecule has 4 heteroatoms. The zero-order valence-corrected chi connectivity index (χ0v) is 10.2. The van der Waals surface area contributed by atoms with E-state index in [-0.39, 0.29) is 6.61 Å². The number of oxazole rings is 1. The second-order valence-electron chi connectivity index (χ2n) is 3.99. The summed E-state index contributed by atoms with van der Waals surface area (Å²) in [5, 5.41) is 9.75. The molecule has 3 aromatic rings. The molecule has 2 aromatic carbocycles. The molecule has 0 fully saturated rings. The number of aliphatic hydroxyl groups is 1. The van der Waals surface area contributed by atoms with Crippen molar-refractivity contribution in [2.45, 2.75) is 6.61 Å². The molecular weight excluding hydrogens is 250 g/mol. The van der Waals surface area contributed by atoms with Gasteiger partial charge in [0.15, 0.2) is 5.58 Å². The first-order chi connectivity index (χ1) is 8.76. The Morgan fingerprint density at radius 3 is 2.89 bits per heavy atom.